The van der Waals surface area contributed by atoms with E-state index in [4.69, 9.17) is 0 Å². The number of aliphatic hydroxyl groups is 1. The van der Waals surface area contributed by atoms with E-state index in [1.54, 1.807) is 11.3 Å². The molecule has 1 saturated heterocycles. The smallest absolute Gasteiger partial charge is 0.156 e. The van der Waals surface area contributed by atoms with E-state index in [-0.39, 0.29) is 12.4 Å². The third-order valence-electron chi connectivity index (χ3n) is 3.76. The van der Waals surface area contributed by atoms with Gasteiger partial charge in [0.25, 0.3) is 0 Å². The molecule has 1 aromatic heterocycles. The molecule has 110 valence electrons. The molecular formula is C15H21ClN2OS. The molecule has 3 nitrogen and oxygen atoms in total. The van der Waals surface area contributed by atoms with Gasteiger partial charge in [0, 0.05) is 29.9 Å². The SMILES string of the molecule is CCCN1CCNC(O)(c2csc3ccccc23)C1.Cl. The molecule has 0 bridgehead atoms. The number of benzene rings is 1. The molecule has 20 heavy (non-hydrogen) atoms. The number of hydrogen-bond donors (Lipinski definition) is 2. The molecule has 1 aromatic carbocycles. The maximum Gasteiger partial charge on any atom is 0.156 e. The van der Waals surface area contributed by atoms with Gasteiger partial charge in [0.2, 0.25) is 0 Å². The van der Waals surface area contributed by atoms with Crippen LogP contribution in [0.15, 0.2) is 29.6 Å². The van der Waals surface area contributed by atoms with E-state index in [1.165, 1.54) is 10.1 Å². The van der Waals surface area contributed by atoms with Crippen LogP contribution in [0.3, 0.4) is 0 Å². The Morgan fingerprint density at radius 1 is 1.40 bits per heavy atom. The molecule has 0 radical (unpaired) electrons. The summed E-state index contributed by atoms with van der Waals surface area (Å²) < 4.78 is 1.24. The first-order valence-corrected chi connectivity index (χ1v) is 7.77. The van der Waals surface area contributed by atoms with Crippen LogP contribution in [0, 0.1) is 0 Å². The number of fused-ring (bicyclic) bond motifs is 1. The predicted molar refractivity (Wildman–Crippen MR) is 87.7 cm³/mol. The topological polar surface area (TPSA) is 35.5 Å². The molecule has 0 spiro atoms. The van der Waals surface area contributed by atoms with Crippen molar-refractivity contribution in [1.82, 2.24) is 10.2 Å². The highest BCUT2D eigenvalue weighted by molar-refractivity contribution is 7.17. The standard InChI is InChI=1S/C15H20N2OS.ClH/c1-2-8-17-9-7-16-15(18,11-17)13-10-19-14-6-4-3-5-12(13)14;/h3-6,10,16,18H,2,7-9,11H2,1H3;1H. The van der Waals surface area contributed by atoms with Gasteiger partial charge in [0.05, 0.1) is 0 Å². The maximum atomic E-state index is 11.0. The number of rotatable bonds is 3. The first kappa shape index (κ1) is 15.7. The quantitative estimate of drug-likeness (QED) is 0.915. The minimum atomic E-state index is -0.910. The van der Waals surface area contributed by atoms with Crippen LogP contribution >= 0.6 is 23.7 Å². The zero-order valence-electron chi connectivity index (χ0n) is 11.6. The number of halogens is 1. The third-order valence-corrected chi connectivity index (χ3v) is 4.73. The number of nitrogens with zero attached hydrogens (tertiary/aromatic N) is 1. The van der Waals surface area contributed by atoms with Gasteiger partial charge in [-0.15, -0.1) is 23.7 Å². The Morgan fingerprint density at radius 2 is 2.20 bits per heavy atom. The molecule has 1 unspecified atom stereocenters. The summed E-state index contributed by atoms with van der Waals surface area (Å²) in [4.78, 5) is 2.34. The third kappa shape index (κ3) is 2.85. The Labute approximate surface area is 130 Å². The number of thiophene rings is 1. The Morgan fingerprint density at radius 3 is 3.00 bits per heavy atom. The van der Waals surface area contributed by atoms with Crippen molar-refractivity contribution in [2.24, 2.45) is 0 Å². The van der Waals surface area contributed by atoms with E-state index < -0.39 is 5.72 Å². The molecule has 0 amide bonds. The molecule has 0 aliphatic carbocycles. The van der Waals surface area contributed by atoms with Crippen molar-refractivity contribution in [3.63, 3.8) is 0 Å². The van der Waals surface area contributed by atoms with Crippen LogP contribution in [-0.4, -0.2) is 36.2 Å². The molecule has 2 N–H and O–H groups in total. The number of piperazine rings is 1. The second-order valence-corrected chi connectivity index (χ2v) is 6.12. The average Bonchev–Trinajstić information content (AvgIpc) is 2.84. The lowest BCUT2D eigenvalue weighted by Gasteiger charge is -2.40. The summed E-state index contributed by atoms with van der Waals surface area (Å²) >= 11 is 1.70. The first-order valence-electron chi connectivity index (χ1n) is 6.89. The molecule has 2 heterocycles. The largest absolute Gasteiger partial charge is 0.370 e. The number of hydrogen-bond acceptors (Lipinski definition) is 4. The lowest BCUT2D eigenvalue weighted by molar-refractivity contribution is -0.0536. The fourth-order valence-electron chi connectivity index (χ4n) is 2.86. The molecule has 1 aliphatic rings. The zero-order chi connectivity index (χ0) is 13.3. The highest BCUT2D eigenvalue weighted by atomic mass is 35.5. The molecule has 5 heteroatoms. The Hall–Kier alpha value is -0.650. The van der Waals surface area contributed by atoms with E-state index in [0.717, 1.165) is 31.6 Å². The fraction of sp³-hybridized carbons (Fsp3) is 0.467. The Bertz CT molecular complexity index is 572. The summed E-state index contributed by atoms with van der Waals surface area (Å²) in [6.07, 6.45) is 1.13. The fourth-order valence-corrected chi connectivity index (χ4v) is 3.89. The van der Waals surface area contributed by atoms with Gasteiger partial charge in [0.15, 0.2) is 5.72 Å². The zero-order valence-corrected chi connectivity index (χ0v) is 13.3. The van der Waals surface area contributed by atoms with Crippen LogP contribution in [-0.2, 0) is 5.72 Å². The molecule has 0 saturated carbocycles. The van der Waals surface area contributed by atoms with Gasteiger partial charge in [0.1, 0.15) is 0 Å². The summed E-state index contributed by atoms with van der Waals surface area (Å²) in [6, 6.07) is 8.29. The van der Waals surface area contributed by atoms with Crippen molar-refractivity contribution in [3.8, 4) is 0 Å². The minimum Gasteiger partial charge on any atom is -0.370 e. The molecule has 2 aromatic rings. The molecular weight excluding hydrogens is 292 g/mol. The first-order chi connectivity index (χ1) is 9.23. The van der Waals surface area contributed by atoms with Crippen LogP contribution in [0.2, 0.25) is 0 Å². The van der Waals surface area contributed by atoms with Gasteiger partial charge in [-0.1, -0.05) is 25.1 Å². The van der Waals surface area contributed by atoms with E-state index in [0.29, 0.717) is 6.54 Å². The maximum absolute atomic E-state index is 11.0. The lowest BCUT2D eigenvalue weighted by Crippen LogP contribution is -2.58. The van der Waals surface area contributed by atoms with Crippen molar-refractivity contribution >= 4 is 33.8 Å². The summed E-state index contributed by atoms with van der Waals surface area (Å²) in [5, 5.41) is 17.5. The van der Waals surface area contributed by atoms with Gasteiger partial charge >= 0.3 is 0 Å². The lowest BCUT2D eigenvalue weighted by atomic mass is 9.99. The van der Waals surface area contributed by atoms with Crippen LogP contribution < -0.4 is 5.32 Å². The van der Waals surface area contributed by atoms with Crippen molar-refractivity contribution < 1.29 is 5.11 Å². The molecule has 1 fully saturated rings. The minimum absolute atomic E-state index is 0. The van der Waals surface area contributed by atoms with Gasteiger partial charge in [-0.3, -0.25) is 10.2 Å². The Balaban J connectivity index is 0.00000147. The van der Waals surface area contributed by atoms with Crippen molar-refractivity contribution in [2.45, 2.75) is 19.1 Å². The normalized spacial score (nSPS) is 23.7. The van der Waals surface area contributed by atoms with E-state index in [9.17, 15) is 5.11 Å². The van der Waals surface area contributed by atoms with Crippen molar-refractivity contribution in [2.75, 3.05) is 26.2 Å². The van der Waals surface area contributed by atoms with Crippen LogP contribution in [0.4, 0.5) is 0 Å². The van der Waals surface area contributed by atoms with E-state index in [1.807, 2.05) is 12.1 Å². The highest BCUT2D eigenvalue weighted by Crippen LogP contribution is 2.33. The summed E-state index contributed by atoms with van der Waals surface area (Å²) in [5.74, 6) is 0. The van der Waals surface area contributed by atoms with Crippen molar-refractivity contribution in [3.05, 3.63) is 35.2 Å². The summed E-state index contributed by atoms with van der Waals surface area (Å²) in [6.45, 7) is 5.74. The monoisotopic (exact) mass is 312 g/mol. The Kier molecular flexibility index (Phi) is 5.04. The van der Waals surface area contributed by atoms with Gasteiger partial charge in [-0.2, -0.15) is 0 Å². The van der Waals surface area contributed by atoms with E-state index in [2.05, 4.69) is 34.7 Å². The van der Waals surface area contributed by atoms with Gasteiger partial charge in [-0.05, 0) is 29.8 Å². The van der Waals surface area contributed by atoms with Crippen molar-refractivity contribution in [1.29, 1.82) is 0 Å². The van der Waals surface area contributed by atoms with Gasteiger partial charge in [-0.25, -0.2) is 0 Å². The second-order valence-electron chi connectivity index (χ2n) is 5.21. The predicted octanol–water partition coefficient (Wildman–Crippen LogP) is 2.78. The van der Waals surface area contributed by atoms with Crippen LogP contribution in [0.5, 0.6) is 0 Å². The summed E-state index contributed by atoms with van der Waals surface area (Å²) in [5.41, 5.74) is 0.112. The average molecular weight is 313 g/mol. The summed E-state index contributed by atoms with van der Waals surface area (Å²) in [7, 11) is 0. The second kappa shape index (κ2) is 6.41. The van der Waals surface area contributed by atoms with Gasteiger partial charge < -0.3 is 5.11 Å². The van der Waals surface area contributed by atoms with Crippen LogP contribution in [0.1, 0.15) is 18.9 Å². The molecule has 1 aliphatic heterocycles. The molecule has 1 atom stereocenters. The molecule has 3 rings (SSSR count). The number of β-amino-alcohol motifs (C(OH)–C–C–N with tert-alkyl or cyclic N) is 1. The van der Waals surface area contributed by atoms with Crippen LogP contribution in [0.25, 0.3) is 10.1 Å². The highest BCUT2D eigenvalue weighted by Gasteiger charge is 2.36. The number of nitrogens with one attached hydrogen (secondary N) is 1. The van der Waals surface area contributed by atoms with E-state index >= 15 is 0 Å².